The number of nitrogens with one attached hydrogen (secondary N) is 2. The van der Waals surface area contributed by atoms with E-state index in [0.717, 1.165) is 12.5 Å². The number of hydrogen-bond donors (Lipinski definition) is 2. The van der Waals surface area contributed by atoms with Gasteiger partial charge in [0.1, 0.15) is 0 Å². The molecule has 2 N–H and O–H groups in total. The van der Waals surface area contributed by atoms with E-state index in [-0.39, 0.29) is 9.79 Å². The third kappa shape index (κ3) is 4.48. The predicted molar refractivity (Wildman–Crippen MR) is 75.1 cm³/mol. The summed E-state index contributed by atoms with van der Waals surface area (Å²) in [5.74, 6) is 0. The van der Waals surface area contributed by atoms with Crippen LogP contribution in [0.2, 0.25) is 0 Å². The molecule has 0 radical (unpaired) electrons. The molecule has 0 bridgehead atoms. The lowest BCUT2D eigenvalue weighted by molar-refractivity contribution is 0.600. The first-order valence-electron chi connectivity index (χ1n) is 5.59. The molecule has 108 valence electrons. The highest BCUT2D eigenvalue weighted by atomic mass is 32.2. The summed E-state index contributed by atoms with van der Waals surface area (Å²) in [5, 5.41) is 5.89. The zero-order valence-corrected chi connectivity index (χ0v) is 12.7. The van der Waals surface area contributed by atoms with Crippen LogP contribution in [0.25, 0.3) is 0 Å². The third-order valence-electron chi connectivity index (χ3n) is 2.47. The number of sulfone groups is 2. The van der Waals surface area contributed by atoms with E-state index in [9.17, 15) is 16.8 Å². The van der Waals surface area contributed by atoms with Crippen LogP contribution >= 0.6 is 0 Å². The summed E-state index contributed by atoms with van der Waals surface area (Å²) in [6, 6.07) is 4.06. The fourth-order valence-electron chi connectivity index (χ4n) is 1.51. The van der Waals surface area contributed by atoms with Gasteiger partial charge in [0.15, 0.2) is 19.7 Å². The number of likely N-dealkylation sites (N-methyl/N-ethyl adjacent to an activating group) is 1. The lowest BCUT2D eigenvalue weighted by Crippen LogP contribution is -2.19. The van der Waals surface area contributed by atoms with Crippen molar-refractivity contribution in [2.24, 2.45) is 0 Å². The van der Waals surface area contributed by atoms with Crippen LogP contribution in [0.5, 0.6) is 0 Å². The maximum Gasteiger partial charge on any atom is 0.177 e. The average molecular weight is 306 g/mol. The molecular weight excluding hydrogens is 288 g/mol. The minimum Gasteiger partial charge on any atom is -0.383 e. The first kappa shape index (κ1) is 15.9. The second kappa shape index (κ2) is 5.89. The van der Waals surface area contributed by atoms with Gasteiger partial charge in [-0.1, -0.05) is 0 Å². The largest absolute Gasteiger partial charge is 0.383 e. The molecule has 0 atom stereocenters. The summed E-state index contributed by atoms with van der Waals surface area (Å²) >= 11 is 0. The van der Waals surface area contributed by atoms with Crippen molar-refractivity contribution in [3.63, 3.8) is 0 Å². The maximum absolute atomic E-state index is 11.7. The SMILES string of the molecule is CNCCNc1ccc(S(C)(=O)=O)cc1S(C)(=O)=O. The summed E-state index contributed by atoms with van der Waals surface area (Å²) in [4.78, 5) is -0.0152. The van der Waals surface area contributed by atoms with Crippen molar-refractivity contribution in [3.8, 4) is 0 Å². The molecule has 0 saturated heterocycles. The second-order valence-corrected chi connectivity index (χ2v) is 8.23. The Morgan fingerprint density at radius 2 is 1.63 bits per heavy atom. The standard InChI is InChI=1S/C11H18N2O4S2/c1-12-6-7-13-10-5-4-9(18(2,14)15)8-11(10)19(3,16)17/h4-5,8,12-13H,6-7H2,1-3H3. The van der Waals surface area contributed by atoms with E-state index in [1.807, 2.05) is 0 Å². The molecule has 8 heteroatoms. The van der Waals surface area contributed by atoms with Crippen LogP contribution in [0.15, 0.2) is 28.0 Å². The van der Waals surface area contributed by atoms with Gasteiger partial charge in [0.05, 0.1) is 15.5 Å². The molecule has 0 aliphatic heterocycles. The van der Waals surface area contributed by atoms with Crippen LogP contribution in [0.4, 0.5) is 5.69 Å². The van der Waals surface area contributed by atoms with Crippen molar-refractivity contribution >= 4 is 25.4 Å². The molecule has 1 aromatic rings. The van der Waals surface area contributed by atoms with Crippen LogP contribution in [-0.2, 0) is 19.7 Å². The van der Waals surface area contributed by atoms with Crippen molar-refractivity contribution in [1.29, 1.82) is 0 Å². The topological polar surface area (TPSA) is 92.3 Å². The van der Waals surface area contributed by atoms with Gasteiger partial charge in [-0.15, -0.1) is 0 Å². The Morgan fingerprint density at radius 1 is 1.00 bits per heavy atom. The van der Waals surface area contributed by atoms with Gasteiger partial charge in [0.2, 0.25) is 0 Å². The first-order valence-corrected chi connectivity index (χ1v) is 9.37. The van der Waals surface area contributed by atoms with E-state index in [2.05, 4.69) is 10.6 Å². The molecule has 0 saturated carbocycles. The van der Waals surface area contributed by atoms with Gasteiger partial charge < -0.3 is 10.6 Å². The minimum absolute atomic E-state index is 0.00732. The summed E-state index contributed by atoms with van der Waals surface area (Å²) in [5.41, 5.74) is 0.408. The van der Waals surface area contributed by atoms with Crippen LogP contribution < -0.4 is 10.6 Å². The minimum atomic E-state index is -3.50. The van der Waals surface area contributed by atoms with Gasteiger partial charge in [-0.2, -0.15) is 0 Å². The van der Waals surface area contributed by atoms with Crippen molar-refractivity contribution in [3.05, 3.63) is 18.2 Å². The van der Waals surface area contributed by atoms with Gasteiger partial charge in [-0.3, -0.25) is 0 Å². The number of rotatable bonds is 6. The fraction of sp³-hybridized carbons (Fsp3) is 0.455. The Bertz CT molecular complexity index is 651. The average Bonchev–Trinajstić information content (AvgIpc) is 2.27. The summed E-state index contributed by atoms with van der Waals surface area (Å²) < 4.78 is 46.3. The number of hydrogen-bond acceptors (Lipinski definition) is 6. The van der Waals surface area contributed by atoms with Crippen molar-refractivity contribution in [2.45, 2.75) is 9.79 Å². The molecule has 0 amide bonds. The van der Waals surface area contributed by atoms with Crippen molar-refractivity contribution in [2.75, 3.05) is 38.0 Å². The summed E-state index contributed by atoms with van der Waals surface area (Å²) in [6.45, 7) is 1.20. The maximum atomic E-state index is 11.7. The summed E-state index contributed by atoms with van der Waals surface area (Å²) in [6.07, 6.45) is 2.10. The van der Waals surface area contributed by atoms with Gasteiger partial charge >= 0.3 is 0 Å². The van der Waals surface area contributed by atoms with Crippen molar-refractivity contribution < 1.29 is 16.8 Å². The normalized spacial score (nSPS) is 12.4. The highest BCUT2D eigenvalue weighted by Crippen LogP contribution is 2.24. The van der Waals surface area contributed by atoms with Crippen LogP contribution in [0.1, 0.15) is 0 Å². The molecule has 1 aromatic carbocycles. The fourth-order valence-corrected chi connectivity index (χ4v) is 3.11. The molecule has 0 spiro atoms. The van der Waals surface area contributed by atoms with E-state index in [0.29, 0.717) is 18.8 Å². The second-order valence-electron chi connectivity index (χ2n) is 4.23. The molecule has 0 fully saturated rings. The highest BCUT2D eigenvalue weighted by Gasteiger charge is 2.17. The molecule has 0 unspecified atom stereocenters. The van der Waals surface area contributed by atoms with E-state index in [4.69, 9.17) is 0 Å². The molecule has 19 heavy (non-hydrogen) atoms. The smallest absolute Gasteiger partial charge is 0.177 e. The lowest BCUT2D eigenvalue weighted by atomic mass is 10.3. The highest BCUT2D eigenvalue weighted by molar-refractivity contribution is 7.91. The predicted octanol–water partition coefficient (Wildman–Crippen LogP) is 0.125. The summed E-state index contributed by atoms with van der Waals surface area (Å²) in [7, 11) is -5.15. The Hall–Kier alpha value is -1.12. The molecular formula is C11H18N2O4S2. The molecule has 0 aromatic heterocycles. The monoisotopic (exact) mass is 306 g/mol. The van der Waals surface area contributed by atoms with E-state index < -0.39 is 19.7 Å². The molecule has 6 nitrogen and oxygen atoms in total. The van der Waals surface area contributed by atoms with E-state index in [1.165, 1.54) is 18.2 Å². The van der Waals surface area contributed by atoms with Gasteiger partial charge in [0.25, 0.3) is 0 Å². The third-order valence-corrected chi connectivity index (χ3v) is 4.72. The molecule has 0 aliphatic carbocycles. The Kier molecular flexibility index (Phi) is 4.94. The zero-order chi connectivity index (χ0) is 14.7. The van der Waals surface area contributed by atoms with Crippen LogP contribution in [0, 0.1) is 0 Å². The Balaban J connectivity index is 3.26. The lowest BCUT2D eigenvalue weighted by Gasteiger charge is -2.12. The van der Waals surface area contributed by atoms with Crippen molar-refractivity contribution in [1.82, 2.24) is 5.32 Å². The van der Waals surface area contributed by atoms with Gasteiger partial charge in [0, 0.05) is 25.6 Å². The van der Waals surface area contributed by atoms with E-state index in [1.54, 1.807) is 7.05 Å². The molecule has 0 aliphatic rings. The molecule has 1 rings (SSSR count). The van der Waals surface area contributed by atoms with Crippen LogP contribution in [0.3, 0.4) is 0 Å². The number of benzene rings is 1. The number of anilines is 1. The first-order chi connectivity index (χ1) is 8.66. The Labute approximate surface area is 114 Å². The van der Waals surface area contributed by atoms with Gasteiger partial charge in [-0.25, -0.2) is 16.8 Å². The Morgan fingerprint density at radius 3 is 2.11 bits per heavy atom. The van der Waals surface area contributed by atoms with Gasteiger partial charge in [-0.05, 0) is 25.2 Å². The quantitative estimate of drug-likeness (QED) is 0.726. The van der Waals surface area contributed by atoms with E-state index >= 15 is 0 Å². The molecule has 0 heterocycles. The van der Waals surface area contributed by atoms with Crippen LogP contribution in [-0.4, -0.2) is 49.5 Å². The zero-order valence-electron chi connectivity index (χ0n) is 11.1.